The molecule has 1 aliphatic heterocycles. The van der Waals surface area contributed by atoms with E-state index in [-0.39, 0.29) is 32.0 Å². The molecule has 1 aromatic carbocycles. The largest absolute Gasteiger partial charge is 0.550 e. The number of carbonyl (C=O) groups excluding carboxylic acids is 4. The lowest BCUT2D eigenvalue weighted by Crippen LogP contribution is -3.30. The van der Waals surface area contributed by atoms with Crippen LogP contribution >= 0.6 is 15.9 Å². The summed E-state index contributed by atoms with van der Waals surface area (Å²) in [5, 5.41) is 45.5. The molecule has 1 aliphatic rings. The summed E-state index contributed by atoms with van der Waals surface area (Å²) in [4.78, 5) is 48.9. The molecule has 1 heterocycles. The van der Waals surface area contributed by atoms with Crippen molar-refractivity contribution in [3.63, 3.8) is 0 Å². The molecule has 1 saturated heterocycles. The molecule has 0 bridgehead atoms. The smallest absolute Gasteiger partial charge is 0.142 e. The Balaban J connectivity index is 2.36. The van der Waals surface area contributed by atoms with Gasteiger partial charge in [0, 0.05) is 35.7 Å². The predicted molar refractivity (Wildman–Crippen MR) is 128 cm³/mol. The average Bonchev–Trinajstić information content (AvgIpc) is 2.82. The minimum Gasteiger partial charge on any atom is -0.550 e. The van der Waals surface area contributed by atoms with E-state index in [0.717, 1.165) is 29.6 Å². The molecule has 0 radical (unpaired) electrons. The van der Waals surface area contributed by atoms with Crippen LogP contribution in [0.3, 0.4) is 0 Å². The highest BCUT2D eigenvalue weighted by molar-refractivity contribution is 9.10. The summed E-state index contributed by atoms with van der Waals surface area (Å²) < 4.78 is 0.898. The van der Waals surface area contributed by atoms with Gasteiger partial charge in [0.2, 0.25) is 0 Å². The lowest BCUT2D eigenvalue weighted by atomic mass is 10.0. The van der Waals surface area contributed by atoms with Gasteiger partial charge in [-0.3, -0.25) is 0 Å². The van der Waals surface area contributed by atoms with Gasteiger partial charge < -0.3 is 59.2 Å². The third-order valence-corrected chi connectivity index (χ3v) is 7.63. The number of carboxylic acids is 4. The van der Waals surface area contributed by atoms with Gasteiger partial charge in [0.25, 0.3) is 0 Å². The fourth-order valence-electron chi connectivity index (χ4n) is 5.06. The number of nitrogens with one attached hydrogen (secondary N) is 4. The molecule has 0 spiro atoms. The van der Waals surface area contributed by atoms with Crippen molar-refractivity contribution in [1.29, 1.82) is 0 Å². The fourth-order valence-corrected chi connectivity index (χ4v) is 5.32. The second-order valence-corrected chi connectivity index (χ2v) is 10.9. The van der Waals surface area contributed by atoms with E-state index < -0.39 is 23.9 Å². The van der Waals surface area contributed by atoms with E-state index in [1.807, 2.05) is 24.3 Å². The number of rotatable bonds is 12. The fraction of sp³-hybridized carbons (Fsp3) is 0.600. The van der Waals surface area contributed by atoms with E-state index in [1.165, 1.54) is 0 Å². The Bertz CT molecular complexity index is 932. The van der Waals surface area contributed by atoms with Gasteiger partial charge in [0.05, 0.1) is 25.0 Å². The lowest BCUT2D eigenvalue weighted by Gasteiger charge is -2.34. The molecule has 12 nitrogen and oxygen atoms in total. The van der Waals surface area contributed by atoms with E-state index in [0.29, 0.717) is 65.3 Å². The van der Waals surface area contributed by atoms with Gasteiger partial charge in [-0.05, 0) is 17.7 Å². The Morgan fingerprint density at radius 1 is 0.684 bits per heavy atom. The molecule has 212 valence electrons. The number of hydrogen-bond donors (Lipinski definition) is 4. The van der Waals surface area contributed by atoms with Crippen molar-refractivity contribution in [2.75, 3.05) is 72.0 Å². The second-order valence-electron chi connectivity index (χ2n) is 9.98. The van der Waals surface area contributed by atoms with E-state index in [4.69, 9.17) is 0 Å². The minimum atomic E-state index is -1.22. The quantitative estimate of drug-likeness (QED) is 0.183. The van der Waals surface area contributed by atoms with Crippen LogP contribution < -0.4 is 40.0 Å². The predicted octanol–water partition coefficient (Wildman–Crippen LogP) is -10.3. The Morgan fingerprint density at radius 3 is 1.63 bits per heavy atom. The van der Waals surface area contributed by atoms with Gasteiger partial charge in [-0.1, -0.05) is 28.1 Å². The molecule has 0 saturated carbocycles. The van der Waals surface area contributed by atoms with Crippen molar-refractivity contribution in [1.82, 2.24) is 0 Å². The van der Waals surface area contributed by atoms with Crippen LogP contribution in [0, 0.1) is 0 Å². The first-order chi connectivity index (χ1) is 18.0. The summed E-state index contributed by atoms with van der Waals surface area (Å²) in [5.74, 6) is -4.77. The third kappa shape index (κ3) is 12.8. The van der Waals surface area contributed by atoms with Crippen LogP contribution in [-0.4, -0.2) is 102 Å². The maximum atomic E-state index is 11.7. The number of carboxylic acid groups (broad SMARTS) is 4. The van der Waals surface area contributed by atoms with Crippen LogP contribution in [0.4, 0.5) is 0 Å². The van der Waals surface area contributed by atoms with E-state index in [1.54, 1.807) is 0 Å². The molecule has 4 N–H and O–H groups in total. The van der Waals surface area contributed by atoms with Crippen molar-refractivity contribution in [2.45, 2.75) is 25.3 Å². The molecule has 2 rings (SSSR count). The minimum absolute atomic E-state index is 0.144. The Hall–Kier alpha value is -2.58. The number of hydrogen-bond acceptors (Lipinski definition) is 8. The standard InChI is InChI=1S/C25H37BrN4O8/c26-20-3-1-19(2-4-20)15-21-16-29(17-24(35)36)12-11-27(7-5-22(31)32)9-10-28(8-6-23(33)34)13-14-30(21)18-25(37)38/h1-4,21H,5-18H2,(H,31,32)(H,33,34)(H,35,36)(H,37,38). The molecule has 0 aliphatic carbocycles. The summed E-state index contributed by atoms with van der Waals surface area (Å²) in [6, 6.07) is 7.37. The van der Waals surface area contributed by atoms with Crippen LogP contribution in [0.25, 0.3) is 0 Å². The normalized spacial score (nSPS) is 25.0. The van der Waals surface area contributed by atoms with Gasteiger partial charge in [-0.15, -0.1) is 0 Å². The second kappa shape index (κ2) is 16.4. The van der Waals surface area contributed by atoms with Gasteiger partial charge in [-0.25, -0.2) is 0 Å². The number of carbonyl (C=O) groups is 4. The van der Waals surface area contributed by atoms with E-state index >= 15 is 0 Å². The highest BCUT2D eigenvalue weighted by atomic mass is 79.9. The zero-order chi connectivity index (χ0) is 28.1. The van der Waals surface area contributed by atoms with Crippen LogP contribution in [0.1, 0.15) is 18.4 Å². The Labute approximate surface area is 230 Å². The molecule has 1 fully saturated rings. The van der Waals surface area contributed by atoms with Crippen molar-refractivity contribution >= 4 is 39.8 Å². The average molecular weight is 601 g/mol. The highest BCUT2D eigenvalue weighted by Gasteiger charge is 2.31. The number of quaternary nitrogens is 4. The summed E-state index contributed by atoms with van der Waals surface area (Å²) in [6.45, 7) is 3.32. The van der Waals surface area contributed by atoms with Gasteiger partial charge in [0.15, 0.2) is 0 Å². The molecule has 13 heteroatoms. The number of benzene rings is 1. The highest BCUT2D eigenvalue weighted by Crippen LogP contribution is 2.11. The van der Waals surface area contributed by atoms with E-state index in [9.17, 15) is 39.6 Å². The zero-order valence-corrected chi connectivity index (χ0v) is 23.0. The van der Waals surface area contributed by atoms with Crippen molar-refractivity contribution in [3.05, 3.63) is 34.3 Å². The summed E-state index contributed by atoms with van der Waals surface area (Å²) in [6.07, 6.45) is 0.211. The van der Waals surface area contributed by atoms with Gasteiger partial charge in [0.1, 0.15) is 64.9 Å². The molecule has 1 aromatic rings. The summed E-state index contributed by atoms with van der Waals surface area (Å²) >= 11 is 3.41. The maximum absolute atomic E-state index is 11.7. The molecular weight excluding hydrogens is 564 g/mol. The maximum Gasteiger partial charge on any atom is 0.142 e. The SMILES string of the molecule is O=C([O-])CC[NH+]1CC[NH+](CCC(=O)[O-])CC[NH+](CC(=O)[O-])C(Cc2ccc(Br)cc2)C[NH+](CC(=O)[O-])CC1. The molecular formula is C25H37BrN4O8. The molecule has 5 unspecified atom stereocenters. The Kier molecular flexibility index (Phi) is 13.7. The van der Waals surface area contributed by atoms with Crippen molar-refractivity contribution < 1.29 is 59.2 Å². The van der Waals surface area contributed by atoms with Crippen molar-refractivity contribution in [2.24, 2.45) is 0 Å². The third-order valence-electron chi connectivity index (χ3n) is 7.10. The van der Waals surface area contributed by atoms with E-state index in [2.05, 4.69) is 15.9 Å². The zero-order valence-electron chi connectivity index (χ0n) is 21.4. The topological polar surface area (TPSA) is 178 Å². The molecule has 0 amide bonds. The van der Waals surface area contributed by atoms with Gasteiger partial charge >= 0.3 is 0 Å². The first-order valence-electron chi connectivity index (χ1n) is 12.9. The molecule has 38 heavy (non-hydrogen) atoms. The van der Waals surface area contributed by atoms with Crippen molar-refractivity contribution in [3.8, 4) is 0 Å². The first-order valence-corrected chi connectivity index (χ1v) is 13.7. The summed E-state index contributed by atoms with van der Waals surface area (Å²) in [5.41, 5.74) is 0.969. The van der Waals surface area contributed by atoms with Crippen LogP contribution in [-0.2, 0) is 25.6 Å². The van der Waals surface area contributed by atoms with Crippen LogP contribution in [0.5, 0.6) is 0 Å². The van der Waals surface area contributed by atoms with Crippen LogP contribution in [0.15, 0.2) is 28.7 Å². The Morgan fingerprint density at radius 2 is 1.16 bits per heavy atom. The number of aliphatic carboxylic acids is 4. The monoisotopic (exact) mass is 600 g/mol. The van der Waals surface area contributed by atoms with Crippen LogP contribution in [0.2, 0.25) is 0 Å². The van der Waals surface area contributed by atoms with Gasteiger partial charge in [-0.2, -0.15) is 0 Å². The summed E-state index contributed by atoms with van der Waals surface area (Å²) in [7, 11) is 0. The number of halogens is 1. The first kappa shape index (κ1) is 31.6. The lowest BCUT2D eigenvalue weighted by molar-refractivity contribution is -1.02. The molecule has 5 atom stereocenters. The molecule has 0 aromatic heterocycles.